The zero-order valence-electron chi connectivity index (χ0n) is 55.5. The van der Waals surface area contributed by atoms with Crippen LogP contribution in [0.15, 0.2) is 72.9 Å². The van der Waals surface area contributed by atoms with Crippen molar-refractivity contribution in [2.24, 2.45) is 0 Å². The lowest BCUT2D eigenvalue weighted by atomic mass is 10.0. The van der Waals surface area contributed by atoms with Crippen LogP contribution < -0.4 is 0 Å². The summed E-state index contributed by atoms with van der Waals surface area (Å²) in [4.78, 5) is 38.5. The molecular formula is C77H138O6. The molecule has 0 bridgehead atoms. The van der Waals surface area contributed by atoms with Gasteiger partial charge in [0.1, 0.15) is 13.2 Å². The van der Waals surface area contributed by atoms with Crippen LogP contribution in [0, 0.1) is 0 Å². The predicted molar refractivity (Wildman–Crippen MR) is 362 cm³/mol. The molecule has 0 amide bonds. The van der Waals surface area contributed by atoms with Crippen LogP contribution in [0.1, 0.15) is 380 Å². The maximum atomic E-state index is 13.0. The molecule has 0 saturated carbocycles. The summed E-state index contributed by atoms with van der Waals surface area (Å²) in [6.07, 6.45) is 93.5. The first-order valence-electron chi connectivity index (χ1n) is 36.4. The number of carbonyl (C=O) groups excluding carboxylic acids is 3. The largest absolute Gasteiger partial charge is 0.462 e. The molecule has 0 spiro atoms. The van der Waals surface area contributed by atoms with Crippen molar-refractivity contribution in [2.75, 3.05) is 13.2 Å². The third-order valence-electron chi connectivity index (χ3n) is 16.2. The Labute approximate surface area is 516 Å². The minimum Gasteiger partial charge on any atom is -0.462 e. The number of esters is 3. The van der Waals surface area contributed by atoms with Gasteiger partial charge in [0, 0.05) is 19.3 Å². The topological polar surface area (TPSA) is 78.9 Å². The third kappa shape index (κ3) is 69.5. The van der Waals surface area contributed by atoms with Gasteiger partial charge in [-0.05, 0) is 89.9 Å². The number of carbonyl (C=O) groups is 3. The Morgan fingerprint density at radius 1 is 0.253 bits per heavy atom. The second-order valence-electron chi connectivity index (χ2n) is 24.5. The highest BCUT2D eigenvalue weighted by atomic mass is 16.6. The Morgan fingerprint density at radius 3 is 0.747 bits per heavy atom. The summed E-state index contributed by atoms with van der Waals surface area (Å²) in [5.74, 6) is -0.855. The molecule has 6 nitrogen and oxygen atoms in total. The van der Waals surface area contributed by atoms with Gasteiger partial charge in [-0.2, -0.15) is 0 Å². The van der Waals surface area contributed by atoms with Gasteiger partial charge in [0.15, 0.2) is 6.10 Å². The molecule has 6 heteroatoms. The van der Waals surface area contributed by atoms with Crippen LogP contribution in [0.25, 0.3) is 0 Å². The van der Waals surface area contributed by atoms with E-state index in [9.17, 15) is 14.4 Å². The molecule has 83 heavy (non-hydrogen) atoms. The summed E-state index contributed by atoms with van der Waals surface area (Å²) in [7, 11) is 0. The maximum Gasteiger partial charge on any atom is 0.306 e. The van der Waals surface area contributed by atoms with E-state index in [4.69, 9.17) is 14.2 Å². The normalized spacial score (nSPS) is 12.5. The van der Waals surface area contributed by atoms with E-state index >= 15 is 0 Å². The van der Waals surface area contributed by atoms with E-state index in [1.807, 2.05) is 0 Å². The third-order valence-corrected chi connectivity index (χ3v) is 16.2. The van der Waals surface area contributed by atoms with Crippen LogP contribution >= 0.6 is 0 Å². The average Bonchev–Trinajstić information content (AvgIpc) is 3.49. The molecule has 0 fully saturated rings. The first-order chi connectivity index (χ1) is 41.0. The van der Waals surface area contributed by atoms with E-state index in [1.165, 1.54) is 250 Å². The number of allylic oxidation sites excluding steroid dienone is 12. The summed E-state index contributed by atoms with van der Waals surface area (Å²) < 4.78 is 17.0. The van der Waals surface area contributed by atoms with Crippen LogP contribution in [0.3, 0.4) is 0 Å². The smallest absolute Gasteiger partial charge is 0.306 e. The fourth-order valence-corrected chi connectivity index (χ4v) is 10.8. The van der Waals surface area contributed by atoms with Gasteiger partial charge in [-0.3, -0.25) is 14.4 Å². The van der Waals surface area contributed by atoms with Gasteiger partial charge >= 0.3 is 17.9 Å². The van der Waals surface area contributed by atoms with Crippen LogP contribution in [-0.4, -0.2) is 37.2 Å². The summed E-state index contributed by atoms with van der Waals surface area (Å²) in [6, 6.07) is 0. The highest BCUT2D eigenvalue weighted by Gasteiger charge is 2.19. The monoisotopic (exact) mass is 1160 g/mol. The summed E-state index contributed by atoms with van der Waals surface area (Å²) in [6.45, 7) is 6.59. The van der Waals surface area contributed by atoms with Crippen LogP contribution in [0.5, 0.6) is 0 Å². The van der Waals surface area contributed by atoms with Gasteiger partial charge in [-0.15, -0.1) is 0 Å². The van der Waals surface area contributed by atoms with Crippen LogP contribution in [0.2, 0.25) is 0 Å². The SMILES string of the molecule is CC/C=C\C/C=C\C/C=C\C/C=C\C/C=C\CCCCCCCCCCCCCC(=O)OCC(COC(=O)CCCCCCCCC/C=C\CCCCCCCCC)OC(=O)CCCCCCCCCCCCCCCCCCCCCC. The van der Waals surface area contributed by atoms with E-state index in [-0.39, 0.29) is 31.1 Å². The second-order valence-corrected chi connectivity index (χ2v) is 24.5. The highest BCUT2D eigenvalue weighted by molar-refractivity contribution is 5.71. The predicted octanol–water partition coefficient (Wildman–Crippen LogP) is 25.2. The molecule has 0 heterocycles. The number of hydrogen-bond donors (Lipinski definition) is 0. The van der Waals surface area contributed by atoms with Gasteiger partial charge in [0.05, 0.1) is 0 Å². The minimum atomic E-state index is -0.778. The fraction of sp³-hybridized carbons (Fsp3) is 0.805. The van der Waals surface area contributed by atoms with Crippen molar-refractivity contribution < 1.29 is 28.6 Å². The van der Waals surface area contributed by atoms with Crippen molar-refractivity contribution in [3.05, 3.63) is 72.9 Å². The number of rotatable bonds is 67. The first kappa shape index (κ1) is 79.8. The van der Waals surface area contributed by atoms with Crippen molar-refractivity contribution >= 4 is 17.9 Å². The molecule has 0 rings (SSSR count). The molecule has 0 aromatic rings. The molecule has 0 N–H and O–H groups in total. The molecule has 0 saturated heterocycles. The molecule has 482 valence electrons. The van der Waals surface area contributed by atoms with Crippen molar-refractivity contribution in [1.29, 1.82) is 0 Å². The molecule has 0 aliphatic carbocycles. The van der Waals surface area contributed by atoms with E-state index in [0.717, 1.165) is 89.9 Å². The van der Waals surface area contributed by atoms with Gasteiger partial charge in [0.25, 0.3) is 0 Å². The van der Waals surface area contributed by atoms with Crippen molar-refractivity contribution in [2.45, 2.75) is 386 Å². The standard InChI is InChI=1S/C77H138O6/c1-4-7-10-13-16-19-22-25-28-31-34-36-37-38-39-40-41-42-44-46-49-52-55-58-61-64-67-70-76(79)82-73-74(72-81-75(78)69-66-63-60-57-54-51-48-45-33-30-27-24-21-18-15-12-9-6-3)83-77(80)71-68-65-62-59-56-53-50-47-43-35-32-29-26-23-20-17-14-11-8-5-2/h7,10,16,19,25,28,30,33-34,36,38-39,74H,4-6,8-9,11-15,17-18,20-24,26-27,29,31-32,35,37,40-73H2,1-3H3/b10-7-,19-16-,28-25-,33-30-,36-34-,39-38-. The van der Waals surface area contributed by atoms with E-state index in [2.05, 4.69) is 93.7 Å². The second kappa shape index (κ2) is 71.3. The van der Waals surface area contributed by atoms with Gasteiger partial charge in [-0.1, -0.05) is 344 Å². The Morgan fingerprint density at radius 2 is 0.470 bits per heavy atom. The Bertz CT molecular complexity index is 1520. The Balaban J connectivity index is 4.32. The fourth-order valence-electron chi connectivity index (χ4n) is 10.8. The number of hydrogen-bond acceptors (Lipinski definition) is 6. The van der Waals surface area contributed by atoms with Crippen molar-refractivity contribution in [3.63, 3.8) is 0 Å². The van der Waals surface area contributed by atoms with Gasteiger partial charge in [0.2, 0.25) is 0 Å². The van der Waals surface area contributed by atoms with Gasteiger partial charge < -0.3 is 14.2 Å². The Kier molecular flexibility index (Phi) is 68.6. The zero-order valence-corrected chi connectivity index (χ0v) is 55.5. The van der Waals surface area contributed by atoms with Gasteiger partial charge in [-0.25, -0.2) is 0 Å². The molecule has 0 aromatic heterocycles. The number of ether oxygens (including phenoxy) is 3. The highest BCUT2D eigenvalue weighted by Crippen LogP contribution is 2.18. The molecule has 0 aliphatic rings. The van der Waals surface area contributed by atoms with E-state index in [0.29, 0.717) is 19.3 Å². The maximum absolute atomic E-state index is 13.0. The van der Waals surface area contributed by atoms with Crippen molar-refractivity contribution in [1.82, 2.24) is 0 Å². The average molecular weight is 1160 g/mol. The lowest BCUT2D eigenvalue weighted by molar-refractivity contribution is -0.167. The Hall–Kier alpha value is -3.15. The van der Waals surface area contributed by atoms with Crippen molar-refractivity contribution in [3.8, 4) is 0 Å². The summed E-state index contributed by atoms with van der Waals surface area (Å²) in [5.41, 5.74) is 0. The minimum absolute atomic E-state index is 0.0737. The number of unbranched alkanes of at least 4 members (excludes halogenated alkanes) is 44. The molecule has 0 aromatic carbocycles. The summed E-state index contributed by atoms with van der Waals surface area (Å²) in [5, 5.41) is 0. The zero-order chi connectivity index (χ0) is 59.9. The molecule has 1 atom stereocenters. The molecule has 1 unspecified atom stereocenters. The first-order valence-corrected chi connectivity index (χ1v) is 36.4. The molecular weight excluding hydrogens is 1020 g/mol. The quantitative estimate of drug-likeness (QED) is 0.0261. The van der Waals surface area contributed by atoms with Crippen LogP contribution in [-0.2, 0) is 28.6 Å². The van der Waals surface area contributed by atoms with E-state index < -0.39 is 6.10 Å². The van der Waals surface area contributed by atoms with E-state index in [1.54, 1.807) is 0 Å². The summed E-state index contributed by atoms with van der Waals surface area (Å²) >= 11 is 0. The lowest BCUT2D eigenvalue weighted by Gasteiger charge is -2.18. The molecule has 0 aliphatic heterocycles. The van der Waals surface area contributed by atoms with Crippen LogP contribution in [0.4, 0.5) is 0 Å². The lowest BCUT2D eigenvalue weighted by Crippen LogP contribution is -2.30. The molecule has 0 radical (unpaired) electrons.